The van der Waals surface area contributed by atoms with Crippen molar-refractivity contribution < 1.29 is 14.3 Å². The highest BCUT2D eigenvalue weighted by Crippen LogP contribution is 2.21. The van der Waals surface area contributed by atoms with Crippen molar-refractivity contribution in [2.24, 2.45) is 0 Å². The number of hydrogen-bond donors (Lipinski definition) is 2. The zero-order chi connectivity index (χ0) is 15.2. The monoisotopic (exact) mass is 289 g/mol. The van der Waals surface area contributed by atoms with E-state index in [1.807, 2.05) is 26.0 Å². The highest BCUT2D eigenvalue weighted by atomic mass is 16.4. The Labute approximate surface area is 123 Å². The highest BCUT2D eigenvalue weighted by molar-refractivity contribution is 5.95. The Morgan fingerprint density at radius 1 is 1.33 bits per heavy atom. The van der Waals surface area contributed by atoms with E-state index in [2.05, 4.69) is 15.5 Å². The average Bonchev–Trinajstić information content (AvgIpc) is 2.99. The van der Waals surface area contributed by atoms with Gasteiger partial charge in [-0.3, -0.25) is 0 Å². The minimum absolute atomic E-state index is 0.226. The molecule has 0 fully saturated rings. The predicted octanol–water partition coefficient (Wildman–Crippen LogP) is 2.55. The molecule has 0 unspecified atom stereocenters. The molecule has 0 aliphatic heterocycles. The number of furan rings is 1. The molecule has 0 aliphatic carbocycles. The average molecular weight is 289 g/mol. The fraction of sp³-hybridized carbons (Fsp3) is 0.400. The predicted molar refractivity (Wildman–Crippen MR) is 78.6 cm³/mol. The Bertz CT molecular complexity index is 609. The molecular formula is C15H19N3O3. The molecule has 112 valence electrons. The first-order chi connectivity index (χ1) is 10.2. The van der Waals surface area contributed by atoms with Crippen LogP contribution in [0.2, 0.25) is 0 Å². The van der Waals surface area contributed by atoms with Gasteiger partial charge in [-0.05, 0) is 30.5 Å². The first kappa shape index (κ1) is 15.0. The van der Waals surface area contributed by atoms with E-state index >= 15 is 0 Å². The maximum atomic E-state index is 11.5. The second-order valence-corrected chi connectivity index (χ2v) is 4.62. The van der Waals surface area contributed by atoms with Gasteiger partial charge in [0.1, 0.15) is 11.3 Å². The summed E-state index contributed by atoms with van der Waals surface area (Å²) in [6.45, 7) is 4.41. The van der Waals surface area contributed by atoms with Crippen molar-refractivity contribution in [3.8, 4) is 0 Å². The van der Waals surface area contributed by atoms with E-state index in [4.69, 9.17) is 4.42 Å². The first-order valence-corrected chi connectivity index (χ1v) is 7.05. The molecule has 6 nitrogen and oxygen atoms in total. The number of anilines is 1. The van der Waals surface area contributed by atoms with Crippen molar-refractivity contribution in [1.29, 1.82) is 0 Å². The lowest BCUT2D eigenvalue weighted by Gasteiger charge is -2.13. The SMILES string of the molecule is CCc1nnc(NCCc2ccco2)c(C(=O)O)c1CC. The lowest BCUT2D eigenvalue weighted by atomic mass is 10.0. The third-order valence-electron chi connectivity index (χ3n) is 3.30. The first-order valence-electron chi connectivity index (χ1n) is 7.05. The van der Waals surface area contributed by atoms with Gasteiger partial charge < -0.3 is 14.8 Å². The van der Waals surface area contributed by atoms with Crippen LogP contribution in [-0.2, 0) is 19.3 Å². The van der Waals surface area contributed by atoms with Crippen LogP contribution < -0.4 is 5.32 Å². The second-order valence-electron chi connectivity index (χ2n) is 4.62. The van der Waals surface area contributed by atoms with Gasteiger partial charge in [-0.15, -0.1) is 5.10 Å². The van der Waals surface area contributed by atoms with Gasteiger partial charge >= 0.3 is 5.97 Å². The summed E-state index contributed by atoms with van der Waals surface area (Å²) in [6.07, 6.45) is 3.56. The lowest BCUT2D eigenvalue weighted by Crippen LogP contribution is -2.16. The molecule has 0 aromatic carbocycles. The Kier molecular flexibility index (Phi) is 4.92. The van der Waals surface area contributed by atoms with Crippen LogP contribution >= 0.6 is 0 Å². The molecular weight excluding hydrogens is 270 g/mol. The standard InChI is InChI=1S/C15H19N3O3/c1-3-11-12(4-2)17-18-14(13(11)15(19)20)16-8-7-10-6-5-9-21-10/h5-6,9H,3-4,7-8H2,1-2H3,(H,16,18)(H,19,20). The van der Waals surface area contributed by atoms with Gasteiger partial charge in [0.15, 0.2) is 5.82 Å². The molecule has 0 aliphatic rings. The fourth-order valence-corrected chi connectivity index (χ4v) is 2.29. The molecule has 0 spiro atoms. The van der Waals surface area contributed by atoms with Crippen molar-refractivity contribution in [1.82, 2.24) is 10.2 Å². The van der Waals surface area contributed by atoms with Gasteiger partial charge in [0.05, 0.1) is 12.0 Å². The van der Waals surface area contributed by atoms with Crippen molar-refractivity contribution >= 4 is 11.8 Å². The summed E-state index contributed by atoms with van der Waals surface area (Å²) in [6, 6.07) is 3.70. The topological polar surface area (TPSA) is 88.3 Å². The second kappa shape index (κ2) is 6.88. The zero-order valence-electron chi connectivity index (χ0n) is 12.2. The van der Waals surface area contributed by atoms with Crippen LogP contribution in [0.15, 0.2) is 22.8 Å². The van der Waals surface area contributed by atoms with E-state index < -0.39 is 5.97 Å². The maximum Gasteiger partial charge on any atom is 0.339 e. The Morgan fingerprint density at radius 3 is 2.71 bits per heavy atom. The van der Waals surface area contributed by atoms with Crippen LogP contribution in [0, 0.1) is 0 Å². The number of carboxylic acids is 1. The van der Waals surface area contributed by atoms with Crippen LogP contribution in [0.4, 0.5) is 5.82 Å². The van der Waals surface area contributed by atoms with Crippen LogP contribution in [0.5, 0.6) is 0 Å². The molecule has 0 saturated carbocycles. The van der Waals surface area contributed by atoms with Gasteiger partial charge in [0, 0.05) is 13.0 Å². The van der Waals surface area contributed by atoms with Gasteiger partial charge in [-0.2, -0.15) is 5.10 Å². The Morgan fingerprint density at radius 2 is 2.14 bits per heavy atom. The van der Waals surface area contributed by atoms with Gasteiger partial charge in [-0.1, -0.05) is 13.8 Å². The van der Waals surface area contributed by atoms with E-state index in [9.17, 15) is 9.90 Å². The van der Waals surface area contributed by atoms with Crippen LogP contribution in [0.1, 0.15) is 41.2 Å². The van der Waals surface area contributed by atoms with Crippen molar-refractivity contribution in [2.45, 2.75) is 33.1 Å². The van der Waals surface area contributed by atoms with Crippen LogP contribution in [0.25, 0.3) is 0 Å². The summed E-state index contributed by atoms with van der Waals surface area (Å²) in [4.78, 5) is 11.5. The Hall–Kier alpha value is -2.37. The third kappa shape index (κ3) is 3.39. The molecule has 0 bridgehead atoms. The third-order valence-corrected chi connectivity index (χ3v) is 3.30. The largest absolute Gasteiger partial charge is 0.478 e. The summed E-state index contributed by atoms with van der Waals surface area (Å²) in [5.74, 6) is 0.188. The summed E-state index contributed by atoms with van der Waals surface area (Å²) >= 11 is 0. The van der Waals surface area contributed by atoms with E-state index in [1.54, 1.807) is 6.26 Å². The molecule has 0 amide bonds. The minimum atomic E-state index is -0.975. The van der Waals surface area contributed by atoms with Crippen molar-refractivity contribution in [2.75, 3.05) is 11.9 Å². The number of carbonyl (C=O) groups is 1. The van der Waals surface area contributed by atoms with Gasteiger partial charge in [-0.25, -0.2) is 4.79 Å². The van der Waals surface area contributed by atoms with E-state index in [-0.39, 0.29) is 5.56 Å². The summed E-state index contributed by atoms with van der Waals surface area (Å²) in [5, 5.41) is 20.7. The van der Waals surface area contributed by atoms with Gasteiger partial charge in [0.25, 0.3) is 0 Å². The van der Waals surface area contributed by atoms with Crippen LogP contribution in [-0.4, -0.2) is 27.8 Å². The van der Waals surface area contributed by atoms with Gasteiger partial charge in [0.2, 0.25) is 0 Å². The number of aromatic nitrogens is 2. The molecule has 6 heteroatoms. The smallest absolute Gasteiger partial charge is 0.339 e. The number of carboxylic acid groups (broad SMARTS) is 1. The number of nitrogens with zero attached hydrogens (tertiary/aromatic N) is 2. The number of aromatic carboxylic acids is 1. The minimum Gasteiger partial charge on any atom is -0.478 e. The van der Waals surface area contributed by atoms with Crippen molar-refractivity contribution in [3.05, 3.63) is 41.0 Å². The quantitative estimate of drug-likeness (QED) is 0.814. The molecule has 0 saturated heterocycles. The molecule has 2 heterocycles. The van der Waals surface area contributed by atoms with Crippen LogP contribution in [0.3, 0.4) is 0 Å². The van der Waals surface area contributed by atoms with E-state index in [1.165, 1.54) is 0 Å². The normalized spacial score (nSPS) is 10.6. The molecule has 2 N–H and O–H groups in total. The van der Waals surface area contributed by atoms with E-state index in [0.29, 0.717) is 31.6 Å². The number of hydrogen-bond acceptors (Lipinski definition) is 5. The summed E-state index contributed by atoms with van der Waals surface area (Å²) < 4.78 is 5.24. The molecule has 21 heavy (non-hydrogen) atoms. The summed E-state index contributed by atoms with van der Waals surface area (Å²) in [5.41, 5.74) is 1.72. The molecule has 0 radical (unpaired) electrons. The number of aryl methyl sites for hydroxylation is 1. The zero-order valence-corrected chi connectivity index (χ0v) is 12.2. The highest BCUT2D eigenvalue weighted by Gasteiger charge is 2.20. The Balaban J connectivity index is 2.20. The molecule has 2 aromatic rings. The number of rotatable bonds is 7. The molecule has 0 atom stereocenters. The van der Waals surface area contributed by atoms with E-state index in [0.717, 1.165) is 17.0 Å². The molecule has 2 rings (SSSR count). The van der Waals surface area contributed by atoms with Crippen molar-refractivity contribution in [3.63, 3.8) is 0 Å². The molecule has 2 aromatic heterocycles. The maximum absolute atomic E-state index is 11.5. The summed E-state index contributed by atoms with van der Waals surface area (Å²) in [7, 11) is 0. The number of nitrogens with one attached hydrogen (secondary N) is 1. The lowest BCUT2D eigenvalue weighted by molar-refractivity contribution is 0.0696. The fourth-order valence-electron chi connectivity index (χ4n) is 2.29.